The standard InChI is InChI=1S/2C8H18N.Hf/c2*1-7(2,3)9-8(4,5)6;/h2*1-6H3;/q2*-1;. The maximum Gasteiger partial charge on any atom is 0 e. The summed E-state index contributed by atoms with van der Waals surface area (Å²) in [7, 11) is 0. The van der Waals surface area contributed by atoms with E-state index < -0.39 is 0 Å². The Bertz CT molecular complexity index is 171. The molecule has 0 atom stereocenters. The number of rotatable bonds is 0. The van der Waals surface area contributed by atoms with Crippen LogP contribution in [0.1, 0.15) is 83.1 Å². The van der Waals surface area contributed by atoms with E-state index in [0.29, 0.717) is 0 Å². The van der Waals surface area contributed by atoms with E-state index in [2.05, 4.69) is 93.7 Å². The summed E-state index contributed by atoms with van der Waals surface area (Å²) in [6, 6.07) is 0. The molecule has 2 nitrogen and oxygen atoms in total. The van der Waals surface area contributed by atoms with Gasteiger partial charge in [-0.15, -0.1) is 22.2 Å². The average molecular weight is 435 g/mol. The van der Waals surface area contributed by atoms with Crippen LogP contribution in [0, 0.1) is 0 Å². The van der Waals surface area contributed by atoms with E-state index in [-0.39, 0.29) is 48.0 Å². The minimum absolute atomic E-state index is 0. The third-order valence-corrected chi connectivity index (χ3v) is 1.34. The molecule has 0 aliphatic heterocycles. The Morgan fingerprint density at radius 1 is 0.368 bits per heavy atom. The summed E-state index contributed by atoms with van der Waals surface area (Å²) < 4.78 is 0. The Hall–Kier alpha value is 0.790. The van der Waals surface area contributed by atoms with Crippen LogP contribution in [0.25, 0.3) is 10.6 Å². The van der Waals surface area contributed by atoms with Crippen molar-refractivity contribution in [3.8, 4) is 0 Å². The predicted molar refractivity (Wildman–Crippen MR) is 85.7 cm³/mol. The Labute approximate surface area is 141 Å². The fraction of sp³-hybridized carbons (Fsp3) is 1.00. The van der Waals surface area contributed by atoms with Crippen molar-refractivity contribution in [2.75, 3.05) is 0 Å². The van der Waals surface area contributed by atoms with Crippen LogP contribution in [0.3, 0.4) is 0 Å². The Balaban J connectivity index is -0.000000256. The van der Waals surface area contributed by atoms with E-state index >= 15 is 0 Å². The molecule has 19 heavy (non-hydrogen) atoms. The van der Waals surface area contributed by atoms with Gasteiger partial charge in [-0.3, -0.25) is 0 Å². The quantitative estimate of drug-likeness (QED) is 0.424. The monoisotopic (exact) mass is 436 g/mol. The number of nitrogens with zero attached hydrogens (tertiary/aromatic N) is 2. The van der Waals surface area contributed by atoms with Gasteiger partial charge in [0.15, 0.2) is 0 Å². The fourth-order valence-electron chi connectivity index (χ4n) is 2.01. The molecule has 0 saturated carbocycles. The Morgan fingerprint density at radius 2 is 0.474 bits per heavy atom. The molecule has 0 aliphatic carbocycles. The predicted octanol–water partition coefficient (Wildman–Crippen LogP) is 5.91. The molecule has 0 N–H and O–H groups in total. The molecule has 0 rings (SSSR count). The minimum atomic E-state index is 0. The third-order valence-electron chi connectivity index (χ3n) is 1.34. The van der Waals surface area contributed by atoms with Crippen molar-refractivity contribution in [1.82, 2.24) is 0 Å². The van der Waals surface area contributed by atoms with E-state index in [9.17, 15) is 0 Å². The van der Waals surface area contributed by atoms with Crippen LogP contribution in [0.2, 0.25) is 0 Å². The maximum absolute atomic E-state index is 4.54. The summed E-state index contributed by atoms with van der Waals surface area (Å²) in [6.45, 7) is 25.5. The summed E-state index contributed by atoms with van der Waals surface area (Å²) in [4.78, 5) is 0. The van der Waals surface area contributed by atoms with Crippen molar-refractivity contribution in [3.05, 3.63) is 10.6 Å². The fourth-order valence-corrected chi connectivity index (χ4v) is 2.01. The van der Waals surface area contributed by atoms with Crippen LogP contribution in [0.15, 0.2) is 0 Å². The van der Waals surface area contributed by atoms with Gasteiger partial charge >= 0.3 is 0 Å². The van der Waals surface area contributed by atoms with E-state index in [1.54, 1.807) is 0 Å². The van der Waals surface area contributed by atoms with Crippen molar-refractivity contribution in [3.63, 3.8) is 0 Å². The first-order valence-electron chi connectivity index (χ1n) is 6.89. The molecule has 0 amide bonds. The van der Waals surface area contributed by atoms with Gasteiger partial charge in [-0.25, -0.2) is 0 Å². The topological polar surface area (TPSA) is 28.2 Å². The first-order chi connectivity index (χ1) is 7.41. The van der Waals surface area contributed by atoms with Crippen LogP contribution in [0.5, 0.6) is 0 Å². The first kappa shape index (κ1) is 24.8. The van der Waals surface area contributed by atoms with Crippen molar-refractivity contribution in [2.24, 2.45) is 0 Å². The molecule has 0 spiro atoms. The molecule has 116 valence electrons. The van der Waals surface area contributed by atoms with Crippen molar-refractivity contribution >= 4 is 0 Å². The van der Waals surface area contributed by atoms with Gasteiger partial charge in [0.25, 0.3) is 0 Å². The molecule has 0 aromatic heterocycles. The first-order valence-corrected chi connectivity index (χ1v) is 6.89. The SMILES string of the molecule is CC(C)(C)[N-]C(C)(C)C.CC(C)(C)[N-]C(C)(C)C.[Hf]. The summed E-state index contributed by atoms with van der Waals surface area (Å²) >= 11 is 0. The van der Waals surface area contributed by atoms with Crippen LogP contribution >= 0.6 is 0 Å². The van der Waals surface area contributed by atoms with E-state index in [1.807, 2.05) is 0 Å². The molecule has 0 aliphatic rings. The molecule has 0 aromatic carbocycles. The van der Waals surface area contributed by atoms with E-state index in [4.69, 9.17) is 0 Å². The van der Waals surface area contributed by atoms with Crippen molar-refractivity contribution in [1.29, 1.82) is 0 Å². The van der Waals surface area contributed by atoms with Gasteiger partial charge in [0.05, 0.1) is 0 Å². The molecule has 0 bridgehead atoms. The summed E-state index contributed by atoms with van der Waals surface area (Å²) in [5, 5.41) is 9.08. The van der Waals surface area contributed by atoms with Gasteiger partial charge in [-0.1, -0.05) is 83.1 Å². The normalized spacial score (nSPS) is 13.3. The van der Waals surface area contributed by atoms with Gasteiger partial charge in [0, 0.05) is 25.8 Å². The van der Waals surface area contributed by atoms with Crippen LogP contribution in [-0.2, 0) is 25.8 Å². The van der Waals surface area contributed by atoms with Gasteiger partial charge in [-0.05, 0) is 0 Å². The minimum Gasteiger partial charge on any atom is -0.653 e. The van der Waals surface area contributed by atoms with Crippen LogP contribution < -0.4 is 0 Å². The largest absolute Gasteiger partial charge is 0.653 e. The van der Waals surface area contributed by atoms with Crippen LogP contribution in [-0.4, -0.2) is 22.2 Å². The smallest absolute Gasteiger partial charge is 0 e. The average Bonchev–Trinajstić information content (AvgIpc) is 1.64. The number of hydrogen-bond acceptors (Lipinski definition) is 0. The molecular formula is C16H36HfN2-2. The van der Waals surface area contributed by atoms with Gasteiger partial charge in [0.2, 0.25) is 0 Å². The van der Waals surface area contributed by atoms with E-state index in [1.165, 1.54) is 0 Å². The van der Waals surface area contributed by atoms with Gasteiger partial charge in [-0.2, -0.15) is 0 Å². The molecule has 0 radical (unpaired) electrons. The van der Waals surface area contributed by atoms with Crippen molar-refractivity contribution < 1.29 is 25.8 Å². The Kier molecular flexibility index (Phi) is 10.8. The molecule has 0 unspecified atom stereocenters. The summed E-state index contributed by atoms with van der Waals surface area (Å²) in [5.74, 6) is 0. The van der Waals surface area contributed by atoms with Crippen LogP contribution in [0.4, 0.5) is 0 Å². The summed E-state index contributed by atoms with van der Waals surface area (Å²) in [5.41, 5.74) is 0.438. The van der Waals surface area contributed by atoms with Crippen molar-refractivity contribution in [2.45, 2.75) is 105 Å². The molecule has 0 heterocycles. The molecule has 3 heteroatoms. The zero-order valence-corrected chi connectivity index (χ0v) is 19.0. The molecule has 0 saturated heterocycles. The zero-order valence-electron chi connectivity index (χ0n) is 15.4. The maximum atomic E-state index is 4.54. The second-order valence-corrected chi connectivity index (χ2v) is 8.91. The molecule has 0 aromatic rings. The summed E-state index contributed by atoms with van der Waals surface area (Å²) in [6.07, 6.45) is 0. The second kappa shape index (κ2) is 8.29. The number of hydrogen-bond donors (Lipinski definition) is 0. The molecular weight excluding hydrogens is 399 g/mol. The van der Waals surface area contributed by atoms with E-state index in [0.717, 1.165) is 0 Å². The second-order valence-electron chi connectivity index (χ2n) is 8.91. The Morgan fingerprint density at radius 3 is 0.474 bits per heavy atom. The zero-order chi connectivity index (χ0) is 15.4. The molecule has 0 fully saturated rings. The van der Waals surface area contributed by atoms with Gasteiger partial charge in [0.1, 0.15) is 0 Å². The van der Waals surface area contributed by atoms with Gasteiger partial charge < -0.3 is 10.6 Å². The third kappa shape index (κ3) is 32.4.